The maximum Gasteiger partial charge on any atom is 0.0140 e. The average Bonchev–Trinajstić information content (AvgIpc) is 2.58. The second-order valence-electron chi connectivity index (χ2n) is 4.05. The Morgan fingerprint density at radius 2 is 1.54 bits per heavy atom. The van der Waals surface area contributed by atoms with E-state index in [2.05, 4.69) is 29.4 Å². The van der Waals surface area contributed by atoms with Crippen LogP contribution in [0.3, 0.4) is 0 Å². The van der Waals surface area contributed by atoms with Crippen LogP contribution >= 0.6 is 0 Å². The van der Waals surface area contributed by atoms with E-state index in [1.165, 1.54) is 45.3 Å². The number of nitrogens with one attached hydrogen (secondary N) is 1. The Bertz CT molecular complexity index is 115. The van der Waals surface area contributed by atoms with Gasteiger partial charge in [-0.15, -0.1) is 0 Å². The van der Waals surface area contributed by atoms with E-state index < -0.39 is 0 Å². The van der Waals surface area contributed by atoms with Crippen LogP contribution < -0.4 is 5.43 Å². The largest absolute Gasteiger partial charge is 0.306 e. The minimum absolute atomic E-state index is 1.16. The van der Waals surface area contributed by atoms with Crippen molar-refractivity contribution in [3.05, 3.63) is 0 Å². The Labute approximate surface area is 82.1 Å². The van der Waals surface area contributed by atoms with Crippen LogP contribution in [0.4, 0.5) is 0 Å². The smallest absolute Gasteiger partial charge is 0.0140 e. The first kappa shape index (κ1) is 11.0. The molecule has 13 heavy (non-hydrogen) atoms. The van der Waals surface area contributed by atoms with Gasteiger partial charge in [-0.1, -0.05) is 6.42 Å². The predicted molar refractivity (Wildman–Crippen MR) is 56.6 cm³/mol. The first-order valence-electron chi connectivity index (χ1n) is 5.42. The molecule has 0 aromatic heterocycles. The van der Waals surface area contributed by atoms with Crippen molar-refractivity contribution in [2.45, 2.75) is 25.7 Å². The van der Waals surface area contributed by atoms with Crippen LogP contribution in [0.1, 0.15) is 25.7 Å². The van der Waals surface area contributed by atoms with Crippen molar-refractivity contribution in [2.75, 3.05) is 40.3 Å². The molecule has 78 valence electrons. The van der Waals surface area contributed by atoms with Crippen molar-refractivity contribution in [3.63, 3.8) is 0 Å². The summed E-state index contributed by atoms with van der Waals surface area (Å²) in [5.74, 6) is 0. The maximum atomic E-state index is 3.15. The number of likely N-dealkylation sites (tertiary alicyclic amines) is 1. The molecule has 0 spiro atoms. The third kappa shape index (κ3) is 5.24. The highest BCUT2D eigenvalue weighted by Crippen LogP contribution is 2.04. The Morgan fingerprint density at radius 1 is 0.846 bits per heavy atom. The molecule has 2 aliphatic rings. The van der Waals surface area contributed by atoms with E-state index in [4.69, 9.17) is 0 Å². The van der Waals surface area contributed by atoms with E-state index in [0.717, 1.165) is 6.54 Å². The van der Waals surface area contributed by atoms with Crippen LogP contribution in [0.2, 0.25) is 0 Å². The lowest BCUT2D eigenvalue weighted by atomic mass is 10.1. The Balaban J connectivity index is 0.000000132. The van der Waals surface area contributed by atoms with Gasteiger partial charge in [-0.2, -0.15) is 0 Å². The fraction of sp³-hybridized carbons (Fsp3) is 1.00. The van der Waals surface area contributed by atoms with Crippen LogP contribution in [-0.2, 0) is 0 Å². The van der Waals surface area contributed by atoms with E-state index in [1.807, 2.05) is 0 Å². The molecule has 0 amide bonds. The van der Waals surface area contributed by atoms with Gasteiger partial charge in [-0.05, 0) is 39.4 Å². The molecule has 3 heteroatoms. The highest BCUT2D eigenvalue weighted by molar-refractivity contribution is 4.58. The first-order chi connectivity index (χ1) is 6.29. The van der Waals surface area contributed by atoms with Gasteiger partial charge in [-0.3, -0.25) is 5.43 Å². The quantitative estimate of drug-likeness (QED) is 0.605. The Kier molecular flexibility index (Phi) is 5.35. The third-order valence-electron chi connectivity index (χ3n) is 2.63. The molecule has 2 aliphatic heterocycles. The molecule has 0 radical (unpaired) electrons. The van der Waals surface area contributed by atoms with Gasteiger partial charge in [0.2, 0.25) is 0 Å². The summed E-state index contributed by atoms with van der Waals surface area (Å²) in [7, 11) is 4.26. The molecule has 0 aromatic carbocycles. The number of piperidine rings is 1. The fourth-order valence-electron chi connectivity index (χ4n) is 1.72. The van der Waals surface area contributed by atoms with Gasteiger partial charge in [0.05, 0.1) is 0 Å². The molecule has 0 aromatic rings. The highest BCUT2D eigenvalue weighted by atomic mass is 15.5. The lowest BCUT2D eigenvalue weighted by molar-refractivity contribution is 0.277. The second-order valence-corrected chi connectivity index (χ2v) is 4.05. The van der Waals surface area contributed by atoms with Crippen molar-refractivity contribution in [3.8, 4) is 0 Å². The van der Waals surface area contributed by atoms with E-state index in [9.17, 15) is 0 Å². The summed E-state index contributed by atoms with van der Waals surface area (Å²) >= 11 is 0. The minimum Gasteiger partial charge on any atom is -0.306 e. The Hall–Kier alpha value is -0.120. The van der Waals surface area contributed by atoms with Crippen molar-refractivity contribution in [1.82, 2.24) is 15.3 Å². The molecule has 2 saturated heterocycles. The summed E-state index contributed by atoms with van der Waals surface area (Å²) in [4.78, 5) is 2.39. The number of hydrogen-bond acceptors (Lipinski definition) is 3. The zero-order valence-corrected chi connectivity index (χ0v) is 9.05. The molecular weight excluding hydrogens is 162 g/mol. The van der Waals surface area contributed by atoms with Crippen molar-refractivity contribution in [1.29, 1.82) is 0 Å². The number of hydrogen-bond donors (Lipinski definition) is 1. The summed E-state index contributed by atoms with van der Waals surface area (Å²) in [6.07, 6.45) is 5.58. The summed E-state index contributed by atoms with van der Waals surface area (Å²) in [5.41, 5.74) is 3.15. The third-order valence-corrected chi connectivity index (χ3v) is 2.63. The van der Waals surface area contributed by atoms with Gasteiger partial charge >= 0.3 is 0 Å². The van der Waals surface area contributed by atoms with Gasteiger partial charge < -0.3 is 4.90 Å². The van der Waals surface area contributed by atoms with Crippen molar-refractivity contribution < 1.29 is 0 Å². The van der Waals surface area contributed by atoms with Crippen LogP contribution in [0.5, 0.6) is 0 Å². The zero-order valence-electron chi connectivity index (χ0n) is 9.05. The molecule has 0 unspecified atom stereocenters. The molecule has 0 bridgehead atoms. The van der Waals surface area contributed by atoms with E-state index >= 15 is 0 Å². The predicted octanol–water partition coefficient (Wildman–Crippen LogP) is 0.929. The molecule has 2 heterocycles. The summed E-state index contributed by atoms with van der Waals surface area (Å²) in [6.45, 7) is 5.01. The van der Waals surface area contributed by atoms with E-state index in [-0.39, 0.29) is 0 Å². The fourth-order valence-corrected chi connectivity index (χ4v) is 1.72. The molecule has 1 N–H and O–H groups in total. The van der Waals surface area contributed by atoms with E-state index in [1.54, 1.807) is 0 Å². The van der Waals surface area contributed by atoms with Crippen LogP contribution in [0.15, 0.2) is 0 Å². The normalized spacial score (nSPS) is 25.4. The standard InChI is InChI=1S/C6H13N.C4H10N2/c1-7-5-3-2-4-6-7;1-6-4-2-3-5-6/h2-6H2,1H3;5H,2-4H2,1H3. The molecule has 0 aliphatic carbocycles. The van der Waals surface area contributed by atoms with E-state index in [0.29, 0.717) is 0 Å². The molecule has 3 nitrogen and oxygen atoms in total. The van der Waals surface area contributed by atoms with Gasteiger partial charge in [0.1, 0.15) is 0 Å². The SMILES string of the molecule is CN1CCCCC1.CN1CCCN1. The molecule has 2 fully saturated rings. The van der Waals surface area contributed by atoms with Crippen LogP contribution in [0.25, 0.3) is 0 Å². The molecular formula is C10H23N3. The van der Waals surface area contributed by atoms with Gasteiger partial charge in [0, 0.05) is 20.1 Å². The monoisotopic (exact) mass is 185 g/mol. The van der Waals surface area contributed by atoms with Crippen molar-refractivity contribution >= 4 is 0 Å². The summed E-state index contributed by atoms with van der Waals surface area (Å²) in [5, 5.41) is 2.11. The van der Waals surface area contributed by atoms with Crippen LogP contribution in [0, 0.1) is 0 Å². The van der Waals surface area contributed by atoms with Crippen LogP contribution in [-0.4, -0.2) is 50.2 Å². The zero-order chi connectivity index (χ0) is 9.52. The van der Waals surface area contributed by atoms with Gasteiger partial charge in [0.15, 0.2) is 0 Å². The number of rotatable bonds is 0. The van der Waals surface area contributed by atoms with Crippen molar-refractivity contribution in [2.24, 2.45) is 0 Å². The lowest BCUT2D eigenvalue weighted by Gasteiger charge is -2.20. The highest BCUT2D eigenvalue weighted by Gasteiger charge is 2.02. The molecule has 0 saturated carbocycles. The topological polar surface area (TPSA) is 18.5 Å². The van der Waals surface area contributed by atoms with Gasteiger partial charge in [0.25, 0.3) is 0 Å². The first-order valence-corrected chi connectivity index (χ1v) is 5.42. The molecule has 2 rings (SSSR count). The van der Waals surface area contributed by atoms with Gasteiger partial charge in [-0.25, -0.2) is 5.01 Å². The number of hydrazine groups is 1. The lowest BCUT2D eigenvalue weighted by Crippen LogP contribution is -2.25. The molecule has 0 atom stereocenters. The summed E-state index contributed by atoms with van der Waals surface area (Å²) in [6, 6.07) is 0. The number of nitrogens with zero attached hydrogens (tertiary/aromatic N) is 2. The maximum absolute atomic E-state index is 3.15. The minimum atomic E-state index is 1.16. The average molecular weight is 185 g/mol. The second kappa shape index (κ2) is 6.35. The Morgan fingerprint density at radius 3 is 1.77 bits per heavy atom. The summed E-state index contributed by atoms with van der Waals surface area (Å²) < 4.78 is 0.